The predicted molar refractivity (Wildman–Crippen MR) is 107 cm³/mol. The summed E-state index contributed by atoms with van der Waals surface area (Å²) in [5.41, 5.74) is 2.84. The van der Waals surface area contributed by atoms with Crippen LogP contribution in [0.2, 0.25) is 39.3 Å². The van der Waals surface area contributed by atoms with Crippen LogP contribution < -0.4 is 4.74 Å². The zero-order chi connectivity index (χ0) is 17.1. The third kappa shape index (κ3) is 6.75. The lowest BCUT2D eigenvalue weighted by Gasteiger charge is -2.16. The predicted octanol–water partition coefficient (Wildman–Crippen LogP) is 6.32. The number of benzene rings is 2. The molecular formula is C20H30OSi2. The van der Waals surface area contributed by atoms with Crippen LogP contribution in [0.3, 0.4) is 0 Å². The van der Waals surface area contributed by atoms with Gasteiger partial charge in [-0.2, -0.15) is 0 Å². The summed E-state index contributed by atoms with van der Waals surface area (Å²) < 4.78 is 5.97. The Hall–Kier alpha value is -1.33. The Morgan fingerprint density at radius 1 is 0.565 bits per heavy atom. The first-order valence-electron chi connectivity index (χ1n) is 8.47. The van der Waals surface area contributed by atoms with Crippen molar-refractivity contribution in [3.8, 4) is 11.5 Å². The van der Waals surface area contributed by atoms with Crippen LogP contribution in [-0.4, -0.2) is 16.1 Å². The number of rotatable bonds is 6. The molecule has 2 aromatic carbocycles. The van der Waals surface area contributed by atoms with Gasteiger partial charge in [0.15, 0.2) is 0 Å². The zero-order valence-corrected chi connectivity index (χ0v) is 17.4. The molecule has 0 aliphatic carbocycles. The van der Waals surface area contributed by atoms with Gasteiger partial charge in [-0.3, -0.25) is 0 Å². The fourth-order valence-corrected chi connectivity index (χ4v) is 5.63. The molecule has 0 aromatic heterocycles. The van der Waals surface area contributed by atoms with E-state index < -0.39 is 16.1 Å². The third-order valence-electron chi connectivity index (χ3n) is 3.55. The highest BCUT2D eigenvalue weighted by Gasteiger charge is 2.14. The van der Waals surface area contributed by atoms with E-state index in [1.54, 1.807) is 0 Å². The molecule has 124 valence electrons. The lowest BCUT2D eigenvalue weighted by molar-refractivity contribution is 0.482. The average molecular weight is 343 g/mol. The van der Waals surface area contributed by atoms with Crippen molar-refractivity contribution in [3.05, 3.63) is 59.7 Å². The van der Waals surface area contributed by atoms with E-state index in [2.05, 4.69) is 87.8 Å². The molecule has 3 heteroatoms. The quantitative estimate of drug-likeness (QED) is 0.558. The third-order valence-corrected chi connectivity index (χ3v) is 6.49. The van der Waals surface area contributed by atoms with Crippen molar-refractivity contribution >= 4 is 16.1 Å². The summed E-state index contributed by atoms with van der Waals surface area (Å²) in [7, 11) is -2.11. The Morgan fingerprint density at radius 3 is 1.13 bits per heavy atom. The Bertz CT molecular complexity index is 559. The Balaban J connectivity index is 1.99. The van der Waals surface area contributed by atoms with Gasteiger partial charge in [0.2, 0.25) is 0 Å². The molecule has 0 saturated heterocycles. The molecule has 0 unspecified atom stereocenters. The van der Waals surface area contributed by atoms with Crippen LogP contribution in [0.4, 0.5) is 0 Å². The van der Waals surface area contributed by atoms with E-state index in [9.17, 15) is 0 Å². The van der Waals surface area contributed by atoms with E-state index in [1.165, 1.54) is 23.2 Å². The van der Waals surface area contributed by atoms with Crippen molar-refractivity contribution in [1.29, 1.82) is 0 Å². The minimum atomic E-state index is -1.05. The molecule has 0 fully saturated rings. The number of hydrogen-bond donors (Lipinski definition) is 0. The van der Waals surface area contributed by atoms with Crippen LogP contribution >= 0.6 is 0 Å². The van der Waals surface area contributed by atoms with E-state index in [1.807, 2.05) is 0 Å². The van der Waals surface area contributed by atoms with Gasteiger partial charge in [-0.15, -0.1) is 0 Å². The molecule has 23 heavy (non-hydrogen) atoms. The van der Waals surface area contributed by atoms with Gasteiger partial charge in [-0.05, 0) is 36.4 Å². The van der Waals surface area contributed by atoms with Gasteiger partial charge in [-0.1, -0.05) is 74.7 Å². The smallest absolute Gasteiger partial charge is 0.127 e. The molecule has 0 radical (unpaired) electrons. The summed E-state index contributed by atoms with van der Waals surface area (Å²) >= 11 is 0. The standard InChI is InChI=1S/C20H30OSi2/c1-22(2,3)15-17-7-11-19(12-8-17)21-20-13-9-18(10-14-20)16-23(4,5)6/h7-14H,15-16H2,1-6H3. The first kappa shape index (κ1) is 18.0. The van der Waals surface area contributed by atoms with Crippen molar-refractivity contribution in [2.75, 3.05) is 0 Å². The summed E-state index contributed by atoms with van der Waals surface area (Å²) in [6.07, 6.45) is 0. The average Bonchev–Trinajstić information content (AvgIpc) is 2.40. The van der Waals surface area contributed by atoms with Crippen molar-refractivity contribution in [2.24, 2.45) is 0 Å². The van der Waals surface area contributed by atoms with Crippen LogP contribution in [0.5, 0.6) is 11.5 Å². The van der Waals surface area contributed by atoms with Gasteiger partial charge in [0.1, 0.15) is 11.5 Å². The van der Waals surface area contributed by atoms with Gasteiger partial charge in [0, 0.05) is 16.1 Å². The van der Waals surface area contributed by atoms with Crippen molar-refractivity contribution in [3.63, 3.8) is 0 Å². The highest BCUT2D eigenvalue weighted by Crippen LogP contribution is 2.24. The van der Waals surface area contributed by atoms with Gasteiger partial charge in [0.25, 0.3) is 0 Å². The van der Waals surface area contributed by atoms with Crippen LogP contribution in [0, 0.1) is 0 Å². The minimum Gasteiger partial charge on any atom is -0.457 e. The number of ether oxygens (including phenoxy) is 1. The van der Waals surface area contributed by atoms with Crippen molar-refractivity contribution < 1.29 is 4.74 Å². The maximum Gasteiger partial charge on any atom is 0.127 e. The van der Waals surface area contributed by atoms with Gasteiger partial charge in [-0.25, -0.2) is 0 Å². The van der Waals surface area contributed by atoms with Crippen LogP contribution in [0.15, 0.2) is 48.5 Å². The van der Waals surface area contributed by atoms with E-state index in [0.717, 1.165) is 11.5 Å². The van der Waals surface area contributed by atoms with Gasteiger partial charge < -0.3 is 4.74 Å². The van der Waals surface area contributed by atoms with Crippen LogP contribution in [0.25, 0.3) is 0 Å². The molecule has 0 aliphatic heterocycles. The maximum atomic E-state index is 5.97. The SMILES string of the molecule is C[Si](C)(C)Cc1ccc(Oc2ccc(C[Si](C)(C)C)cc2)cc1. The van der Waals surface area contributed by atoms with Gasteiger partial charge >= 0.3 is 0 Å². The molecule has 0 heterocycles. The molecule has 2 rings (SSSR count). The molecular weight excluding hydrogens is 312 g/mol. The van der Waals surface area contributed by atoms with E-state index >= 15 is 0 Å². The lowest BCUT2D eigenvalue weighted by Crippen LogP contribution is -2.23. The van der Waals surface area contributed by atoms with Crippen molar-refractivity contribution in [1.82, 2.24) is 0 Å². The monoisotopic (exact) mass is 342 g/mol. The summed E-state index contributed by atoms with van der Waals surface area (Å²) in [5, 5.41) is 0. The first-order valence-corrected chi connectivity index (χ1v) is 15.9. The molecule has 0 aliphatic rings. The molecule has 0 bridgehead atoms. The molecule has 0 atom stereocenters. The second-order valence-corrected chi connectivity index (χ2v) is 19.8. The summed E-state index contributed by atoms with van der Waals surface area (Å²) in [5.74, 6) is 1.84. The molecule has 0 spiro atoms. The van der Waals surface area contributed by atoms with E-state index in [-0.39, 0.29) is 0 Å². The van der Waals surface area contributed by atoms with E-state index in [4.69, 9.17) is 4.74 Å². The minimum absolute atomic E-state index is 0.919. The fourth-order valence-electron chi connectivity index (χ4n) is 2.71. The normalized spacial score (nSPS) is 12.3. The molecule has 0 amide bonds. The van der Waals surface area contributed by atoms with Gasteiger partial charge in [0.05, 0.1) is 0 Å². The first-order chi connectivity index (χ1) is 10.6. The number of hydrogen-bond acceptors (Lipinski definition) is 1. The summed E-state index contributed by atoms with van der Waals surface area (Å²) in [4.78, 5) is 0. The Kier molecular flexibility index (Phi) is 5.53. The van der Waals surface area contributed by atoms with E-state index in [0.29, 0.717) is 0 Å². The molecule has 2 aromatic rings. The van der Waals surface area contributed by atoms with Crippen LogP contribution in [0.1, 0.15) is 11.1 Å². The fraction of sp³-hybridized carbons (Fsp3) is 0.400. The van der Waals surface area contributed by atoms with Crippen molar-refractivity contribution in [2.45, 2.75) is 51.4 Å². The highest BCUT2D eigenvalue weighted by molar-refractivity contribution is 6.75. The lowest BCUT2D eigenvalue weighted by atomic mass is 10.2. The largest absolute Gasteiger partial charge is 0.457 e. The summed E-state index contributed by atoms with van der Waals surface area (Å²) in [6.45, 7) is 14.4. The summed E-state index contributed by atoms with van der Waals surface area (Å²) in [6, 6.07) is 19.6. The Morgan fingerprint density at radius 2 is 0.870 bits per heavy atom. The second kappa shape index (κ2) is 7.06. The second-order valence-electron chi connectivity index (χ2n) is 8.86. The zero-order valence-electron chi connectivity index (χ0n) is 15.4. The molecule has 0 N–H and O–H groups in total. The highest BCUT2D eigenvalue weighted by atomic mass is 28.3. The maximum absolute atomic E-state index is 5.97. The molecule has 0 saturated carbocycles. The molecule has 1 nitrogen and oxygen atoms in total. The Labute approximate surface area is 143 Å². The topological polar surface area (TPSA) is 9.23 Å². The van der Waals surface area contributed by atoms with Crippen LogP contribution in [-0.2, 0) is 12.1 Å².